The van der Waals surface area contributed by atoms with E-state index in [1.54, 1.807) is 6.92 Å². The minimum atomic E-state index is -0.565. The van der Waals surface area contributed by atoms with Crippen LogP contribution in [0.5, 0.6) is 0 Å². The van der Waals surface area contributed by atoms with Crippen molar-refractivity contribution in [1.82, 2.24) is 0 Å². The van der Waals surface area contributed by atoms with Crippen LogP contribution in [0.4, 0.5) is 0 Å². The number of allylic oxidation sites excluding steroid dienone is 1. The Morgan fingerprint density at radius 1 is 1.70 bits per heavy atom. The minimum Gasteiger partial charge on any atom is -0.875 e. The van der Waals surface area contributed by atoms with Crippen molar-refractivity contribution < 1.29 is 44.2 Å². The topological polar surface area (TPSA) is 49.4 Å². The summed E-state index contributed by atoms with van der Waals surface area (Å²) >= 11 is 0. The molecule has 0 amide bonds. The van der Waals surface area contributed by atoms with Crippen molar-refractivity contribution in [3.8, 4) is 0 Å². The molecule has 4 heteroatoms. The zero-order valence-electron chi connectivity index (χ0n) is 6.51. The largest absolute Gasteiger partial charge is 1.00 e. The second-order valence-corrected chi connectivity index (χ2v) is 1.51. The van der Waals surface area contributed by atoms with Gasteiger partial charge in [0.2, 0.25) is 0 Å². The van der Waals surface area contributed by atoms with Gasteiger partial charge in [-0.25, -0.2) is 4.79 Å². The van der Waals surface area contributed by atoms with E-state index in [1.165, 1.54) is 6.92 Å². The van der Waals surface area contributed by atoms with Crippen molar-refractivity contribution >= 4 is 5.97 Å². The fraction of sp³-hybridized carbons (Fsp3) is 0.500. The van der Waals surface area contributed by atoms with Crippen LogP contribution in [0.15, 0.2) is 11.8 Å². The van der Waals surface area contributed by atoms with Gasteiger partial charge in [-0.15, -0.1) is 5.76 Å². The second kappa shape index (κ2) is 7.12. The van der Waals surface area contributed by atoms with Crippen molar-refractivity contribution in [2.45, 2.75) is 13.8 Å². The van der Waals surface area contributed by atoms with Crippen LogP contribution in [0.2, 0.25) is 0 Å². The number of hydrogen-bond donors (Lipinski definition) is 0. The average Bonchev–Trinajstić information content (AvgIpc) is 1.63. The minimum absolute atomic E-state index is 0. The third-order valence-corrected chi connectivity index (χ3v) is 0.608. The fourth-order valence-electron chi connectivity index (χ4n) is 0.350. The molecule has 0 aliphatic rings. The van der Waals surface area contributed by atoms with Crippen molar-refractivity contribution in [3.63, 3.8) is 0 Å². The molecule has 3 nitrogen and oxygen atoms in total. The molecule has 0 N–H and O–H groups in total. The van der Waals surface area contributed by atoms with Crippen molar-refractivity contribution in [3.05, 3.63) is 11.8 Å². The summed E-state index contributed by atoms with van der Waals surface area (Å²) in [4.78, 5) is 10.4. The van der Waals surface area contributed by atoms with Crippen molar-refractivity contribution in [2.75, 3.05) is 6.61 Å². The van der Waals surface area contributed by atoms with E-state index in [9.17, 15) is 9.90 Å². The molecule has 0 aromatic rings. The van der Waals surface area contributed by atoms with Crippen LogP contribution in [0.1, 0.15) is 13.8 Å². The van der Waals surface area contributed by atoms with Crippen LogP contribution in [0.25, 0.3) is 0 Å². The number of carbonyl (C=O) groups is 1. The van der Waals surface area contributed by atoms with E-state index in [0.717, 1.165) is 6.08 Å². The van der Waals surface area contributed by atoms with Gasteiger partial charge >= 0.3 is 35.5 Å². The number of rotatable bonds is 2. The summed E-state index contributed by atoms with van der Waals surface area (Å²) in [5.41, 5.74) is 0. The van der Waals surface area contributed by atoms with Gasteiger partial charge < -0.3 is 9.84 Å². The molecule has 0 aliphatic carbocycles. The molecular formula is C6H9NaO3. The van der Waals surface area contributed by atoms with Crippen LogP contribution >= 0.6 is 0 Å². The monoisotopic (exact) mass is 152 g/mol. The molecule has 0 spiro atoms. The summed E-state index contributed by atoms with van der Waals surface area (Å²) in [7, 11) is 0. The Morgan fingerprint density at radius 2 is 2.20 bits per heavy atom. The number of hydrogen-bond acceptors (Lipinski definition) is 3. The van der Waals surface area contributed by atoms with Gasteiger partial charge in [0.15, 0.2) is 0 Å². The maximum atomic E-state index is 10.4. The first-order chi connectivity index (χ1) is 4.16. The summed E-state index contributed by atoms with van der Waals surface area (Å²) < 4.78 is 4.44. The Balaban J connectivity index is 0. The summed E-state index contributed by atoms with van der Waals surface area (Å²) in [6.45, 7) is 3.30. The Kier molecular flexibility index (Phi) is 9.02. The third kappa shape index (κ3) is 8.01. The normalized spacial score (nSPS) is 10.0. The van der Waals surface area contributed by atoms with Crippen LogP contribution in [0.3, 0.4) is 0 Å². The molecule has 0 atom stereocenters. The quantitative estimate of drug-likeness (QED) is 0.181. The number of ether oxygens (including phenoxy) is 1. The predicted octanol–water partition coefficient (Wildman–Crippen LogP) is -3.18. The maximum Gasteiger partial charge on any atom is 1.00 e. The molecule has 52 valence electrons. The predicted molar refractivity (Wildman–Crippen MR) is 30.4 cm³/mol. The first-order valence-corrected chi connectivity index (χ1v) is 2.69. The molecule has 10 heavy (non-hydrogen) atoms. The molecule has 0 saturated heterocycles. The SMILES string of the molecule is CCOC(=O)C=C(C)[O-].[Na+]. The zero-order valence-corrected chi connectivity index (χ0v) is 8.51. The Morgan fingerprint density at radius 3 is 2.50 bits per heavy atom. The summed E-state index contributed by atoms with van der Waals surface area (Å²) in [5.74, 6) is -0.849. The van der Waals surface area contributed by atoms with E-state index >= 15 is 0 Å². The molecular weight excluding hydrogens is 143 g/mol. The average molecular weight is 152 g/mol. The zero-order chi connectivity index (χ0) is 7.28. The van der Waals surface area contributed by atoms with Crippen LogP contribution in [-0.4, -0.2) is 12.6 Å². The first kappa shape index (κ1) is 12.7. The molecule has 0 aromatic heterocycles. The van der Waals surface area contributed by atoms with E-state index in [4.69, 9.17) is 0 Å². The smallest absolute Gasteiger partial charge is 0.875 e. The van der Waals surface area contributed by atoms with Gasteiger partial charge in [0.05, 0.1) is 6.61 Å². The molecule has 0 rings (SSSR count). The van der Waals surface area contributed by atoms with Gasteiger partial charge in [0.25, 0.3) is 0 Å². The number of carbonyl (C=O) groups excluding carboxylic acids is 1. The third-order valence-electron chi connectivity index (χ3n) is 0.608. The Labute approximate surface area is 82.4 Å². The molecule has 0 aromatic carbocycles. The Bertz CT molecular complexity index is 127. The summed E-state index contributed by atoms with van der Waals surface area (Å²) in [6.07, 6.45) is 0.920. The molecule has 0 unspecified atom stereocenters. The van der Waals surface area contributed by atoms with Gasteiger partial charge in [-0.05, 0) is 6.92 Å². The van der Waals surface area contributed by atoms with Crippen LogP contribution in [0, 0.1) is 0 Å². The molecule has 0 heterocycles. The van der Waals surface area contributed by atoms with E-state index < -0.39 is 5.97 Å². The van der Waals surface area contributed by atoms with Gasteiger partial charge in [0.1, 0.15) is 0 Å². The van der Waals surface area contributed by atoms with Gasteiger partial charge in [-0.3, -0.25) is 0 Å². The first-order valence-electron chi connectivity index (χ1n) is 2.69. The van der Waals surface area contributed by atoms with Gasteiger partial charge in [0, 0.05) is 6.08 Å². The molecule has 0 radical (unpaired) electrons. The maximum absolute atomic E-state index is 10.4. The van der Waals surface area contributed by atoms with E-state index in [1.807, 2.05) is 0 Å². The summed E-state index contributed by atoms with van der Waals surface area (Å²) in [6, 6.07) is 0. The van der Waals surface area contributed by atoms with Gasteiger partial charge in [-0.2, -0.15) is 0 Å². The van der Waals surface area contributed by atoms with Crippen LogP contribution < -0.4 is 34.7 Å². The standard InChI is InChI=1S/C6H10O3.Na/c1-3-9-6(8)4-5(2)7;/h4,7H,3H2,1-2H3;/q;+1/p-1. The molecule has 0 bridgehead atoms. The van der Waals surface area contributed by atoms with Crippen molar-refractivity contribution in [1.29, 1.82) is 0 Å². The van der Waals surface area contributed by atoms with E-state index in [2.05, 4.69) is 4.74 Å². The van der Waals surface area contributed by atoms with Crippen molar-refractivity contribution in [2.24, 2.45) is 0 Å². The van der Waals surface area contributed by atoms with E-state index in [0.29, 0.717) is 6.61 Å². The molecule has 0 aliphatic heterocycles. The van der Waals surface area contributed by atoms with Crippen LogP contribution in [-0.2, 0) is 9.53 Å². The second-order valence-electron chi connectivity index (χ2n) is 1.51. The Hall–Kier alpha value is 0.0100. The molecule has 0 fully saturated rings. The van der Waals surface area contributed by atoms with Gasteiger partial charge in [-0.1, -0.05) is 6.92 Å². The number of esters is 1. The fourth-order valence-corrected chi connectivity index (χ4v) is 0.350. The van der Waals surface area contributed by atoms with E-state index in [-0.39, 0.29) is 35.3 Å². The summed E-state index contributed by atoms with van der Waals surface area (Å²) in [5, 5.41) is 10.2. The molecule has 0 saturated carbocycles.